The van der Waals surface area contributed by atoms with Crippen LogP contribution in [0.25, 0.3) is 0 Å². The molecule has 1 aromatic carbocycles. The maximum Gasteiger partial charge on any atom is 0.338 e. The van der Waals surface area contributed by atoms with Crippen LogP contribution in [0.5, 0.6) is 5.75 Å². The second kappa shape index (κ2) is 9.65. The lowest BCUT2D eigenvalue weighted by Crippen LogP contribution is -2.48. The minimum atomic E-state index is -0.734. The van der Waals surface area contributed by atoms with Gasteiger partial charge in [0.15, 0.2) is 0 Å². The van der Waals surface area contributed by atoms with Gasteiger partial charge < -0.3 is 19.5 Å². The van der Waals surface area contributed by atoms with Gasteiger partial charge in [-0.15, -0.1) is 0 Å². The van der Waals surface area contributed by atoms with Crippen molar-refractivity contribution in [1.82, 2.24) is 14.8 Å². The molecule has 2 aliphatic heterocycles. The number of rotatable bonds is 7. The summed E-state index contributed by atoms with van der Waals surface area (Å²) in [5.41, 5.74) is 5.03. The molecular weight excluding hydrogens is 408 g/mol. The standard InChI is InChI=1S/C24H28N4O4/c1-16-17(3-4-19-20(16)15-32-24(19)30)5-6-27-7-9-28(10-8-27)14-22(29)21-11-23(31-2)18(12-25)13-26-21/h3-4,11,13,22,29H,5-10,14-15H2,1-2H3. The summed E-state index contributed by atoms with van der Waals surface area (Å²) >= 11 is 0. The quantitative estimate of drug-likeness (QED) is 0.657. The molecule has 1 fully saturated rings. The number of nitrogens with zero attached hydrogens (tertiary/aromatic N) is 4. The number of nitriles is 1. The molecule has 0 aliphatic carbocycles. The van der Waals surface area contributed by atoms with E-state index in [0.29, 0.717) is 35.7 Å². The molecule has 1 unspecified atom stereocenters. The average molecular weight is 437 g/mol. The van der Waals surface area contributed by atoms with Crippen molar-refractivity contribution < 1.29 is 19.4 Å². The Labute approximate surface area is 188 Å². The Morgan fingerprint density at radius 3 is 2.75 bits per heavy atom. The predicted octanol–water partition coefficient (Wildman–Crippen LogP) is 1.83. The van der Waals surface area contributed by atoms with Crippen molar-refractivity contribution in [2.75, 3.05) is 46.4 Å². The number of carbonyl (C=O) groups excluding carboxylic acids is 1. The molecule has 8 heteroatoms. The van der Waals surface area contributed by atoms with E-state index in [1.807, 2.05) is 18.2 Å². The van der Waals surface area contributed by atoms with E-state index in [-0.39, 0.29) is 5.97 Å². The Bertz CT molecular complexity index is 1040. The van der Waals surface area contributed by atoms with Crippen LogP contribution in [-0.4, -0.2) is 72.2 Å². The van der Waals surface area contributed by atoms with Crippen LogP contribution in [0, 0.1) is 18.3 Å². The van der Waals surface area contributed by atoms with Crippen LogP contribution in [0.1, 0.15) is 44.4 Å². The van der Waals surface area contributed by atoms with E-state index >= 15 is 0 Å². The number of esters is 1. The molecule has 4 rings (SSSR count). The van der Waals surface area contributed by atoms with Crippen molar-refractivity contribution in [1.29, 1.82) is 5.26 Å². The van der Waals surface area contributed by atoms with Crippen molar-refractivity contribution >= 4 is 5.97 Å². The Hall–Kier alpha value is -2.99. The van der Waals surface area contributed by atoms with Crippen molar-refractivity contribution in [3.8, 4) is 11.8 Å². The molecule has 2 aliphatic rings. The number of pyridine rings is 1. The number of methoxy groups -OCH3 is 1. The molecule has 32 heavy (non-hydrogen) atoms. The number of β-amino-alcohol motifs (C(OH)–C–C–N with tert-alkyl or cyclic N) is 1. The van der Waals surface area contributed by atoms with Crippen molar-refractivity contribution in [2.24, 2.45) is 0 Å². The molecule has 0 spiro atoms. The van der Waals surface area contributed by atoms with Crippen molar-refractivity contribution in [3.63, 3.8) is 0 Å². The average Bonchev–Trinajstić information content (AvgIpc) is 3.20. The molecule has 0 saturated carbocycles. The van der Waals surface area contributed by atoms with Gasteiger partial charge in [0.2, 0.25) is 0 Å². The smallest absolute Gasteiger partial charge is 0.338 e. The molecule has 168 valence electrons. The van der Waals surface area contributed by atoms with Crippen LogP contribution in [0.15, 0.2) is 24.4 Å². The van der Waals surface area contributed by atoms with Gasteiger partial charge in [-0.05, 0) is 30.5 Å². The lowest BCUT2D eigenvalue weighted by Gasteiger charge is -2.35. The first-order valence-corrected chi connectivity index (χ1v) is 10.9. The zero-order chi connectivity index (χ0) is 22.7. The topological polar surface area (TPSA) is 98.9 Å². The third-order valence-electron chi connectivity index (χ3n) is 6.44. The van der Waals surface area contributed by atoms with Crippen molar-refractivity contribution in [2.45, 2.75) is 26.1 Å². The molecule has 0 amide bonds. The number of cyclic esters (lactones) is 1. The number of carbonyl (C=O) groups is 1. The van der Waals surface area contributed by atoms with Crippen LogP contribution in [0.3, 0.4) is 0 Å². The van der Waals surface area contributed by atoms with Gasteiger partial charge in [0.1, 0.15) is 30.1 Å². The Morgan fingerprint density at radius 1 is 1.28 bits per heavy atom. The highest BCUT2D eigenvalue weighted by molar-refractivity contribution is 5.93. The number of aliphatic hydroxyl groups is 1. The third-order valence-corrected chi connectivity index (χ3v) is 6.44. The molecule has 2 aromatic rings. The van der Waals surface area contributed by atoms with E-state index < -0.39 is 6.10 Å². The fraction of sp³-hybridized carbons (Fsp3) is 0.458. The number of aliphatic hydroxyl groups excluding tert-OH is 1. The van der Waals surface area contributed by atoms with Crippen LogP contribution in [0.2, 0.25) is 0 Å². The second-order valence-corrected chi connectivity index (χ2v) is 8.28. The number of ether oxygens (including phenoxy) is 2. The summed E-state index contributed by atoms with van der Waals surface area (Å²) in [4.78, 5) is 20.6. The van der Waals surface area contributed by atoms with Crippen LogP contribution >= 0.6 is 0 Å². The van der Waals surface area contributed by atoms with Gasteiger partial charge >= 0.3 is 5.97 Å². The van der Waals surface area contributed by atoms with Crippen LogP contribution in [-0.2, 0) is 17.8 Å². The first-order valence-electron chi connectivity index (χ1n) is 10.9. The molecule has 1 atom stereocenters. The molecule has 1 N–H and O–H groups in total. The summed E-state index contributed by atoms with van der Waals surface area (Å²) in [6, 6.07) is 7.61. The number of benzene rings is 1. The summed E-state index contributed by atoms with van der Waals surface area (Å²) in [7, 11) is 1.50. The number of fused-ring (bicyclic) bond motifs is 1. The van der Waals surface area contributed by atoms with E-state index in [1.165, 1.54) is 24.4 Å². The summed E-state index contributed by atoms with van der Waals surface area (Å²) < 4.78 is 10.4. The van der Waals surface area contributed by atoms with Crippen molar-refractivity contribution in [3.05, 3.63) is 57.9 Å². The Morgan fingerprint density at radius 2 is 2.03 bits per heavy atom. The minimum absolute atomic E-state index is 0.220. The lowest BCUT2D eigenvalue weighted by molar-refractivity contribution is 0.0534. The lowest BCUT2D eigenvalue weighted by atomic mass is 9.96. The molecular formula is C24H28N4O4. The zero-order valence-electron chi connectivity index (χ0n) is 18.5. The highest BCUT2D eigenvalue weighted by Crippen LogP contribution is 2.26. The predicted molar refractivity (Wildman–Crippen MR) is 117 cm³/mol. The van der Waals surface area contributed by atoms with E-state index in [1.54, 1.807) is 6.07 Å². The number of aromatic nitrogens is 1. The second-order valence-electron chi connectivity index (χ2n) is 8.28. The maximum atomic E-state index is 11.7. The molecule has 1 saturated heterocycles. The van der Waals surface area contributed by atoms with Gasteiger partial charge in [-0.1, -0.05) is 6.07 Å². The Kier molecular flexibility index (Phi) is 6.70. The minimum Gasteiger partial charge on any atom is -0.495 e. The van der Waals surface area contributed by atoms with E-state index in [4.69, 9.17) is 14.7 Å². The normalized spacial score (nSPS) is 17.5. The summed E-state index contributed by atoms with van der Waals surface area (Å²) in [5, 5.41) is 19.7. The van der Waals surface area contributed by atoms with Crippen LogP contribution in [0.4, 0.5) is 0 Å². The first-order chi connectivity index (χ1) is 15.5. The number of hydrogen-bond donors (Lipinski definition) is 1. The molecule has 1 aromatic heterocycles. The van der Waals surface area contributed by atoms with Crippen LogP contribution < -0.4 is 4.74 Å². The molecule has 8 nitrogen and oxygen atoms in total. The monoisotopic (exact) mass is 436 g/mol. The SMILES string of the molecule is COc1cc(C(O)CN2CCN(CCc3ccc4c(c3C)COC4=O)CC2)ncc1C#N. The largest absolute Gasteiger partial charge is 0.495 e. The summed E-state index contributed by atoms with van der Waals surface area (Å²) in [6.45, 7) is 7.51. The Balaban J connectivity index is 1.27. The highest BCUT2D eigenvalue weighted by Gasteiger charge is 2.25. The number of hydrogen-bond acceptors (Lipinski definition) is 8. The molecule has 0 bridgehead atoms. The van der Waals surface area contributed by atoms with E-state index in [2.05, 4.69) is 21.7 Å². The van der Waals surface area contributed by atoms with Gasteiger partial charge in [0.25, 0.3) is 0 Å². The zero-order valence-corrected chi connectivity index (χ0v) is 18.5. The van der Waals surface area contributed by atoms with E-state index in [9.17, 15) is 9.90 Å². The number of piperazine rings is 1. The van der Waals surface area contributed by atoms with Gasteiger partial charge in [-0.2, -0.15) is 5.26 Å². The van der Waals surface area contributed by atoms with Gasteiger partial charge in [-0.3, -0.25) is 9.88 Å². The fourth-order valence-electron chi connectivity index (χ4n) is 4.37. The highest BCUT2D eigenvalue weighted by atomic mass is 16.5. The first kappa shape index (κ1) is 22.2. The maximum absolute atomic E-state index is 11.7. The molecule has 3 heterocycles. The van der Waals surface area contributed by atoms with E-state index in [0.717, 1.165) is 44.7 Å². The van der Waals surface area contributed by atoms with Gasteiger partial charge in [0, 0.05) is 57.1 Å². The summed E-state index contributed by atoms with van der Waals surface area (Å²) in [5.74, 6) is 0.210. The van der Waals surface area contributed by atoms with Gasteiger partial charge in [0.05, 0.1) is 18.4 Å². The summed E-state index contributed by atoms with van der Waals surface area (Å²) in [6.07, 6.45) is 1.64. The molecule has 0 radical (unpaired) electrons. The third kappa shape index (κ3) is 4.60. The fourth-order valence-corrected chi connectivity index (χ4v) is 4.37. The van der Waals surface area contributed by atoms with Gasteiger partial charge in [-0.25, -0.2) is 4.79 Å².